The highest BCUT2D eigenvalue weighted by molar-refractivity contribution is 5.92. The van der Waals surface area contributed by atoms with E-state index in [2.05, 4.69) is 25.9 Å². The number of nitrogens with zero attached hydrogens (tertiary/aromatic N) is 4. The molecule has 0 spiro atoms. The number of aryl methyl sites for hydroxylation is 3. The van der Waals surface area contributed by atoms with Crippen LogP contribution in [0.3, 0.4) is 0 Å². The Morgan fingerprint density at radius 1 is 1.25 bits per heavy atom. The fourth-order valence-electron chi connectivity index (χ4n) is 3.54. The largest absolute Gasteiger partial charge is 0.348 e. The van der Waals surface area contributed by atoms with Crippen molar-refractivity contribution in [3.05, 3.63) is 29.2 Å². The summed E-state index contributed by atoms with van der Waals surface area (Å²) in [5.74, 6) is 0.915. The minimum atomic E-state index is -0.0986. The van der Waals surface area contributed by atoms with E-state index in [9.17, 15) is 9.59 Å². The summed E-state index contributed by atoms with van der Waals surface area (Å²) in [6.07, 6.45) is 3.75. The van der Waals surface area contributed by atoms with Crippen LogP contribution in [0.2, 0.25) is 0 Å². The summed E-state index contributed by atoms with van der Waals surface area (Å²) < 4.78 is 6.80. The molecule has 1 aliphatic carbocycles. The molecule has 0 aliphatic heterocycles. The molecule has 2 aromatic rings. The van der Waals surface area contributed by atoms with Crippen LogP contribution in [0.4, 0.5) is 0 Å². The van der Waals surface area contributed by atoms with Gasteiger partial charge < -0.3 is 15.2 Å². The van der Waals surface area contributed by atoms with Crippen molar-refractivity contribution in [2.45, 2.75) is 72.0 Å². The average molecular weight is 388 g/mol. The van der Waals surface area contributed by atoms with Crippen molar-refractivity contribution in [3.8, 4) is 0 Å². The van der Waals surface area contributed by atoms with E-state index in [-0.39, 0.29) is 30.3 Å². The molecule has 3 rings (SSSR count). The fourth-order valence-corrected chi connectivity index (χ4v) is 3.54. The van der Waals surface area contributed by atoms with Crippen LogP contribution in [-0.4, -0.2) is 37.8 Å². The van der Waals surface area contributed by atoms with E-state index in [0.717, 1.165) is 31.4 Å². The second kappa shape index (κ2) is 8.99. The Balaban J connectivity index is 1.44. The molecule has 0 unspecified atom stereocenters. The zero-order valence-corrected chi connectivity index (χ0v) is 16.7. The summed E-state index contributed by atoms with van der Waals surface area (Å²) in [4.78, 5) is 29.1. The molecule has 0 atom stereocenters. The second-order valence-electron chi connectivity index (χ2n) is 7.18. The summed E-state index contributed by atoms with van der Waals surface area (Å²) in [6, 6.07) is 1.89. The van der Waals surface area contributed by atoms with Crippen LogP contribution in [-0.2, 0) is 24.3 Å². The molecule has 0 bridgehead atoms. The van der Waals surface area contributed by atoms with Crippen LogP contribution >= 0.6 is 0 Å². The summed E-state index contributed by atoms with van der Waals surface area (Å²) >= 11 is 0. The van der Waals surface area contributed by atoms with E-state index in [4.69, 9.17) is 4.52 Å². The monoisotopic (exact) mass is 388 g/mol. The van der Waals surface area contributed by atoms with Crippen molar-refractivity contribution < 1.29 is 14.1 Å². The van der Waals surface area contributed by atoms with E-state index in [0.29, 0.717) is 30.4 Å². The standard InChI is InChI=1S/C19H28N6O3/c1-4-16-22-17(28-24-16)11-20-18(26)13-6-8-14(9-7-13)21-19(27)15-10-12(3)23-25(15)5-2/h10,13-14H,4-9,11H2,1-3H3,(H,20,26)(H,21,27). The lowest BCUT2D eigenvalue weighted by Gasteiger charge is -2.28. The molecule has 152 valence electrons. The minimum absolute atomic E-state index is 0.000657. The topological polar surface area (TPSA) is 115 Å². The van der Waals surface area contributed by atoms with Crippen LogP contribution in [0.1, 0.15) is 67.4 Å². The summed E-state index contributed by atoms with van der Waals surface area (Å²) in [6.45, 7) is 6.70. The zero-order valence-electron chi connectivity index (χ0n) is 16.7. The Labute approximate surface area is 164 Å². The van der Waals surface area contributed by atoms with Crippen LogP contribution in [0.15, 0.2) is 10.6 Å². The van der Waals surface area contributed by atoms with Crippen molar-refractivity contribution >= 4 is 11.8 Å². The van der Waals surface area contributed by atoms with Gasteiger partial charge in [-0.3, -0.25) is 14.3 Å². The van der Waals surface area contributed by atoms with E-state index < -0.39 is 0 Å². The fraction of sp³-hybridized carbons (Fsp3) is 0.632. The molecule has 1 fully saturated rings. The van der Waals surface area contributed by atoms with Gasteiger partial charge >= 0.3 is 0 Å². The molecule has 9 nitrogen and oxygen atoms in total. The molecular weight excluding hydrogens is 360 g/mol. The van der Waals surface area contributed by atoms with Gasteiger partial charge in [-0.05, 0) is 45.6 Å². The van der Waals surface area contributed by atoms with E-state index >= 15 is 0 Å². The third-order valence-corrected chi connectivity index (χ3v) is 5.11. The van der Waals surface area contributed by atoms with E-state index in [1.165, 1.54) is 0 Å². The molecule has 0 radical (unpaired) electrons. The first-order valence-corrected chi connectivity index (χ1v) is 9.94. The smallest absolute Gasteiger partial charge is 0.269 e. The van der Waals surface area contributed by atoms with Gasteiger partial charge in [-0.1, -0.05) is 12.1 Å². The average Bonchev–Trinajstić information content (AvgIpc) is 3.32. The van der Waals surface area contributed by atoms with Gasteiger partial charge in [-0.15, -0.1) is 0 Å². The maximum Gasteiger partial charge on any atom is 0.269 e. The highest BCUT2D eigenvalue weighted by atomic mass is 16.5. The van der Waals surface area contributed by atoms with Gasteiger partial charge in [0.05, 0.1) is 12.2 Å². The first-order chi connectivity index (χ1) is 13.5. The normalized spacial score (nSPS) is 19.4. The number of carbonyl (C=O) groups excluding carboxylic acids is 2. The van der Waals surface area contributed by atoms with Gasteiger partial charge in [0.1, 0.15) is 5.69 Å². The minimum Gasteiger partial charge on any atom is -0.348 e. The predicted molar refractivity (Wildman–Crippen MR) is 101 cm³/mol. The predicted octanol–water partition coefficient (Wildman–Crippen LogP) is 1.76. The SMILES string of the molecule is CCc1noc(CNC(=O)C2CCC(NC(=O)c3cc(C)nn3CC)CC2)n1. The van der Waals surface area contributed by atoms with Crippen LogP contribution in [0, 0.1) is 12.8 Å². The Hall–Kier alpha value is -2.71. The lowest BCUT2D eigenvalue weighted by molar-refractivity contribution is -0.126. The van der Waals surface area contributed by atoms with Crippen LogP contribution in [0.5, 0.6) is 0 Å². The number of hydrogen-bond acceptors (Lipinski definition) is 6. The maximum absolute atomic E-state index is 12.5. The van der Waals surface area contributed by atoms with Crippen molar-refractivity contribution in [1.82, 2.24) is 30.6 Å². The third-order valence-electron chi connectivity index (χ3n) is 5.11. The van der Waals surface area contributed by atoms with Gasteiger partial charge in [0.15, 0.2) is 5.82 Å². The van der Waals surface area contributed by atoms with Crippen molar-refractivity contribution in [1.29, 1.82) is 0 Å². The lowest BCUT2D eigenvalue weighted by atomic mass is 9.85. The van der Waals surface area contributed by atoms with Crippen LogP contribution in [0.25, 0.3) is 0 Å². The number of rotatable bonds is 7. The van der Waals surface area contributed by atoms with Gasteiger partial charge in [0.2, 0.25) is 11.8 Å². The van der Waals surface area contributed by atoms with Gasteiger partial charge in [-0.2, -0.15) is 10.1 Å². The molecule has 2 aromatic heterocycles. The molecule has 0 saturated heterocycles. The van der Waals surface area contributed by atoms with Gasteiger partial charge in [0.25, 0.3) is 5.91 Å². The van der Waals surface area contributed by atoms with Crippen LogP contribution < -0.4 is 10.6 Å². The van der Waals surface area contributed by atoms with Crippen molar-refractivity contribution in [2.75, 3.05) is 0 Å². The number of carbonyl (C=O) groups is 2. The van der Waals surface area contributed by atoms with Crippen molar-refractivity contribution in [3.63, 3.8) is 0 Å². The molecule has 2 N–H and O–H groups in total. The van der Waals surface area contributed by atoms with E-state index in [1.807, 2.05) is 20.8 Å². The van der Waals surface area contributed by atoms with Gasteiger partial charge in [-0.25, -0.2) is 0 Å². The van der Waals surface area contributed by atoms with Crippen molar-refractivity contribution in [2.24, 2.45) is 5.92 Å². The quantitative estimate of drug-likeness (QED) is 0.747. The zero-order chi connectivity index (χ0) is 20.1. The highest BCUT2D eigenvalue weighted by Gasteiger charge is 2.28. The molecule has 0 aromatic carbocycles. The lowest BCUT2D eigenvalue weighted by Crippen LogP contribution is -2.41. The second-order valence-corrected chi connectivity index (χ2v) is 7.18. The molecular formula is C19H28N6O3. The molecule has 1 saturated carbocycles. The molecule has 1 aliphatic rings. The van der Waals surface area contributed by atoms with E-state index in [1.54, 1.807) is 10.7 Å². The Kier molecular flexibility index (Phi) is 6.43. The number of amides is 2. The third kappa shape index (κ3) is 4.76. The maximum atomic E-state index is 12.5. The Morgan fingerprint density at radius 2 is 2.00 bits per heavy atom. The molecule has 2 heterocycles. The van der Waals surface area contributed by atoms with Gasteiger partial charge in [0, 0.05) is 24.9 Å². The Bertz CT molecular complexity index is 820. The highest BCUT2D eigenvalue weighted by Crippen LogP contribution is 2.25. The summed E-state index contributed by atoms with van der Waals surface area (Å²) in [7, 11) is 0. The number of nitrogens with one attached hydrogen (secondary N) is 2. The number of aromatic nitrogens is 4. The molecule has 9 heteroatoms. The Morgan fingerprint density at radius 3 is 2.64 bits per heavy atom. The summed E-state index contributed by atoms with van der Waals surface area (Å²) in [5.41, 5.74) is 1.42. The molecule has 2 amide bonds. The summed E-state index contributed by atoms with van der Waals surface area (Å²) in [5, 5.41) is 14.1. The first-order valence-electron chi connectivity index (χ1n) is 9.94. The molecule has 28 heavy (non-hydrogen) atoms. The first kappa shape index (κ1) is 20.0. The number of hydrogen-bond donors (Lipinski definition) is 2.